The average molecular weight is 322 g/mol. The normalized spacial score (nSPS) is 10.5. The van der Waals surface area contributed by atoms with Crippen LogP contribution in [-0.4, -0.2) is 42.1 Å². The van der Waals surface area contributed by atoms with Crippen LogP contribution in [0.4, 0.5) is 5.69 Å². The Morgan fingerprint density at radius 1 is 1.65 bits per heavy atom. The predicted molar refractivity (Wildman–Crippen MR) is 74.9 cm³/mol. The van der Waals surface area contributed by atoms with Crippen LogP contribution in [-0.2, 0) is 11.3 Å². The van der Waals surface area contributed by atoms with Crippen LogP contribution in [0.15, 0.2) is 15.5 Å². The topological polar surface area (TPSA) is 56.1 Å². The molecule has 0 amide bonds. The molecule has 96 valence electrons. The van der Waals surface area contributed by atoms with E-state index in [9.17, 15) is 4.79 Å². The lowest BCUT2D eigenvalue weighted by atomic mass is 10.4. The van der Waals surface area contributed by atoms with Crippen LogP contribution < -0.4 is 10.9 Å². The minimum absolute atomic E-state index is 0.142. The number of methoxy groups -OCH3 is 1. The second-order valence-electron chi connectivity index (χ2n) is 3.31. The van der Waals surface area contributed by atoms with Crippen molar-refractivity contribution in [2.45, 2.75) is 6.54 Å². The third-order valence-electron chi connectivity index (χ3n) is 2.11. The molecule has 0 unspecified atom stereocenters. The number of rotatable bonds is 7. The molecular formula is C10H16BrN3O2S. The van der Waals surface area contributed by atoms with Crippen molar-refractivity contribution < 1.29 is 4.74 Å². The molecule has 5 nitrogen and oxygen atoms in total. The number of hydrogen-bond donors (Lipinski definition) is 1. The summed E-state index contributed by atoms with van der Waals surface area (Å²) in [4.78, 5) is 11.9. The maximum Gasteiger partial charge on any atom is 0.283 e. The zero-order valence-corrected chi connectivity index (χ0v) is 12.3. The molecule has 17 heavy (non-hydrogen) atoms. The molecule has 0 atom stereocenters. The number of nitrogens with zero attached hydrogens (tertiary/aromatic N) is 2. The second-order valence-corrected chi connectivity index (χ2v) is 5.09. The van der Waals surface area contributed by atoms with E-state index in [1.165, 1.54) is 4.68 Å². The molecule has 0 bridgehead atoms. The summed E-state index contributed by atoms with van der Waals surface area (Å²) in [5, 5.41) is 7.24. The second kappa shape index (κ2) is 7.73. The summed E-state index contributed by atoms with van der Waals surface area (Å²) in [5.74, 6) is 0.985. The Bertz CT molecular complexity index is 411. The van der Waals surface area contributed by atoms with Gasteiger partial charge in [-0.15, -0.1) is 0 Å². The molecule has 0 spiro atoms. The van der Waals surface area contributed by atoms with Gasteiger partial charge < -0.3 is 10.1 Å². The third-order valence-corrected chi connectivity index (χ3v) is 3.49. The summed E-state index contributed by atoms with van der Waals surface area (Å²) in [5.41, 5.74) is 0.592. The van der Waals surface area contributed by atoms with Crippen molar-refractivity contribution in [3.8, 4) is 0 Å². The first-order valence-electron chi connectivity index (χ1n) is 5.18. The van der Waals surface area contributed by atoms with Crippen LogP contribution in [0.2, 0.25) is 0 Å². The highest BCUT2D eigenvalue weighted by Gasteiger charge is 2.07. The van der Waals surface area contributed by atoms with E-state index in [4.69, 9.17) is 4.74 Å². The Morgan fingerprint density at radius 2 is 2.41 bits per heavy atom. The number of aromatic nitrogens is 2. The molecule has 0 fully saturated rings. The molecule has 7 heteroatoms. The first kappa shape index (κ1) is 14.5. The van der Waals surface area contributed by atoms with E-state index in [-0.39, 0.29) is 5.56 Å². The van der Waals surface area contributed by atoms with Gasteiger partial charge in [0.05, 0.1) is 25.0 Å². The molecule has 0 aliphatic heterocycles. The molecule has 0 saturated heterocycles. The highest BCUT2D eigenvalue weighted by Crippen LogP contribution is 2.15. The van der Waals surface area contributed by atoms with Gasteiger partial charge in [-0.3, -0.25) is 4.79 Å². The molecule has 0 saturated carbocycles. The van der Waals surface area contributed by atoms with Gasteiger partial charge in [-0.1, -0.05) is 0 Å². The quantitative estimate of drug-likeness (QED) is 0.770. The maximum absolute atomic E-state index is 11.9. The third kappa shape index (κ3) is 4.33. The van der Waals surface area contributed by atoms with Crippen LogP contribution in [0, 0.1) is 0 Å². The number of thioether (sulfide) groups is 1. The lowest BCUT2D eigenvalue weighted by molar-refractivity contribution is 0.181. The van der Waals surface area contributed by atoms with E-state index >= 15 is 0 Å². The average Bonchev–Trinajstić information content (AvgIpc) is 2.34. The van der Waals surface area contributed by atoms with E-state index in [2.05, 4.69) is 26.3 Å². The zero-order valence-electron chi connectivity index (χ0n) is 9.90. The van der Waals surface area contributed by atoms with Crippen molar-refractivity contribution in [2.75, 3.05) is 37.6 Å². The van der Waals surface area contributed by atoms with E-state index in [1.807, 2.05) is 6.26 Å². The van der Waals surface area contributed by atoms with Gasteiger partial charge in [0, 0.05) is 19.4 Å². The van der Waals surface area contributed by atoms with Crippen molar-refractivity contribution >= 4 is 33.4 Å². The summed E-state index contributed by atoms with van der Waals surface area (Å²) in [6.07, 6.45) is 3.69. The monoisotopic (exact) mass is 321 g/mol. The fourth-order valence-electron chi connectivity index (χ4n) is 1.21. The van der Waals surface area contributed by atoms with Gasteiger partial charge in [0.1, 0.15) is 4.47 Å². The summed E-state index contributed by atoms with van der Waals surface area (Å²) in [6.45, 7) is 1.74. The van der Waals surface area contributed by atoms with Crippen molar-refractivity contribution in [3.63, 3.8) is 0 Å². The van der Waals surface area contributed by atoms with Gasteiger partial charge in [0.15, 0.2) is 0 Å². The molecule has 1 heterocycles. The highest BCUT2D eigenvalue weighted by molar-refractivity contribution is 9.10. The Morgan fingerprint density at radius 3 is 3.06 bits per heavy atom. The van der Waals surface area contributed by atoms with Crippen molar-refractivity contribution in [1.29, 1.82) is 0 Å². The SMILES string of the molecule is COCCn1ncc(NCCSC)c(Br)c1=O. The lowest BCUT2D eigenvalue weighted by Crippen LogP contribution is -2.26. The molecule has 1 rings (SSSR count). The van der Waals surface area contributed by atoms with E-state index in [0.717, 1.165) is 18.0 Å². The maximum atomic E-state index is 11.9. The number of nitrogens with one attached hydrogen (secondary N) is 1. The Labute approximate surface area is 113 Å². The Kier molecular flexibility index (Phi) is 6.61. The summed E-state index contributed by atoms with van der Waals surface area (Å²) < 4.78 is 6.82. The summed E-state index contributed by atoms with van der Waals surface area (Å²) >= 11 is 5.04. The Balaban J connectivity index is 2.76. The number of anilines is 1. The fourth-order valence-corrected chi connectivity index (χ4v) is 1.97. The molecule has 0 radical (unpaired) electrons. The lowest BCUT2D eigenvalue weighted by Gasteiger charge is -2.09. The minimum Gasteiger partial charge on any atom is -0.383 e. The summed E-state index contributed by atoms with van der Waals surface area (Å²) in [6, 6.07) is 0. The van der Waals surface area contributed by atoms with Crippen molar-refractivity contribution in [2.24, 2.45) is 0 Å². The predicted octanol–water partition coefficient (Wildman–Crippen LogP) is 1.43. The van der Waals surface area contributed by atoms with Gasteiger partial charge in [-0.2, -0.15) is 16.9 Å². The zero-order chi connectivity index (χ0) is 12.7. The largest absolute Gasteiger partial charge is 0.383 e. The van der Waals surface area contributed by atoms with Crippen molar-refractivity contribution in [3.05, 3.63) is 21.0 Å². The number of halogens is 1. The first-order valence-corrected chi connectivity index (χ1v) is 7.36. The van der Waals surface area contributed by atoms with Crippen LogP contribution in [0.1, 0.15) is 0 Å². The van der Waals surface area contributed by atoms with Crippen LogP contribution >= 0.6 is 27.7 Å². The van der Waals surface area contributed by atoms with Gasteiger partial charge in [-0.25, -0.2) is 4.68 Å². The smallest absolute Gasteiger partial charge is 0.283 e. The Hall–Kier alpha value is -0.530. The molecule has 1 aromatic rings. The van der Waals surface area contributed by atoms with Crippen LogP contribution in [0.3, 0.4) is 0 Å². The fraction of sp³-hybridized carbons (Fsp3) is 0.600. The highest BCUT2D eigenvalue weighted by atomic mass is 79.9. The van der Waals surface area contributed by atoms with Crippen molar-refractivity contribution in [1.82, 2.24) is 9.78 Å². The minimum atomic E-state index is -0.142. The molecule has 1 N–H and O–H groups in total. The molecule has 1 aromatic heterocycles. The number of hydrogen-bond acceptors (Lipinski definition) is 5. The van der Waals surface area contributed by atoms with Gasteiger partial charge >= 0.3 is 0 Å². The van der Waals surface area contributed by atoms with E-state index in [1.54, 1.807) is 25.1 Å². The first-order chi connectivity index (χ1) is 8.20. The molecular weight excluding hydrogens is 306 g/mol. The van der Waals surface area contributed by atoms with Crippen LogP contribution in [0.25, 0.3) is 0 Å². The number of ether oxygens (including phenoxy) is 1. The van der Waals surface area contributed by atoms with Gasteiger partial charge in [0.25, 0.3) is 5.56 Å². The molecule has 0 aliphatic rings. The van der Waals surface area contributed by atoms with E-state index in [0.29, 0.717) is 17.6 Å². The van der Waals surface area contributed by atoms with E-state index < -0.39 is 0 Å². The van der Waals surface area contributed by atoms with Gasteiger partial charge in [-0.05, 0) is 22.2 Å². The molecule has 0 aliphatic carbocycles. The van der Waals surface area contributed by atoms with Crippen LogP contribution in [0.5, 0.6) is 0 Å². The van der Waals surface area contributed by atoms with Gasteiger partial charge in [0.2, 0.25) is 0 Å². The summed E-state index contributed by atoms with van der Waals surface area (Å²) in [7, 11) is 1.60. The standard InChI is InChI=1S/C10H16BrN3O2S/c1-16-5-4-14-10(15)9(11)8(7-13-14)12-3-6-17-2/h7,12H,3-6H2,1-2H3. The molecule has 0 aromatic carbocycles.